The van der Waals surface area contributed by atoms with Crippen molar-refractivity contribution in [3.8, 4) is 0 Å². The number of hydrogen-bond donors (Lipinski definition) is 6. The minimum Gasteiger partial charge on any atom is -0.512 e. The predicted molar refractivity (Wildman–Crippen MR) is 135 cm³/mol. The summed E-state index contributed by atoms with van der Waals surface area (Å²) < 4.78 is 0. The van der Waals surface area contributed by atoms with Gasteiger partial charge >= 0.3 is 0 Å². The number of rotatable bonds is 3. The SMILES string of the molecule is CN(C)[C@@H]1C(O)C(C(N)=O)C(=O)[C@@]2(O)C(O)=C3C(=O)C4C(O)=CC=CC4/C(=C\c4ccccc4)[C@H]3[C@H](O)[C@@H]12. The van der Waals surface area contributed by atoms with E-state index in [1.54, 1.807) is 30.4 Å². The fourth-order valence-electron chi connectivity index (χ4n) is 6.80. The van der Waals surface area contributed by atoms with Crippen molar-refractivity contribution < 1.29 is 39.9 Å². The molecular weight excluding hydrogens is 492 g/mol. The van der Waals surface area contributed by atoms with E-state index < -0.39 is 82.2 Å². The molecule has 4 aliphatic rings. The number of hydrogen-bond acceptors (Lipinski definition) is 9. The molecule has 0 radical (unpaired) electrons. The fraction of sp³-hybridized carbons (Fsp3) is 0.393. The molecule has 2 saturated carbocycles. The van der Waals surface area contributed by atoms with Gasteiger partial charge in [-0.05, 0) is 25.7 Å². The average Bonchev–Trinajstić information content (AvgIpc) is 2.86. The number of fused-ring (bicyclic) bond motifs is 3. The monoisotopic (exact) mass is 522 g/mol. The van der Waals surface area contributed by atoms with Crippen LogP contribution in [0.1, 0.15) is 5.56 Å². The van der Waals surface area contributed by atoms with Gasteiger partial charge in [0, 0.05) is 29.4 Å². The summed E-state index contributed by atoms with van der Waals surface area (Å²) in [5.41, 5.74) is 3.31. The summed E-state index contributed by atoms with van der Waals surface area (Å²) in [4.78, 5) is 41.0. The third-order valence-corrected chi connectivity index (χ3v) is 8.43. The maximum atomic E-state index is 13.8. The zero-order valence-corrected chi connectivity index (χ0v) is 20.8. The zero-order valence-electron chi connectivity index (χ0n) is 20.8. The number of carbonyl (C=O) groups is 3. The summed E-state index contributed by atoms with van der Waals surface area (Å²) >= 11 is 0. The van der Waals surface area contributed by atoms with Crippen LogP contribution in [0.4, 0.5) is 0 Å². The van der Waals surface area contributed by atoms with Crippen LogP contribution in [0.3, 0.4) is 0 Å². The summed E-state index contributed by atoms with van der Waals surface area (Å²) in [5, 5.41) is 57.0. The van der Waals surface area contributed by atoms with Gasteiger partial charge in [0.25, 0.3) is 0 Å². The van der Waals surface area contributed by atoms with Gasteiger partial charge in [0.15, 0.2) is 17.2 Å². The summed E-state index contributed by atoms with van der Waals surface area (Å²) in [7, 11) is 3.06. The van der Waals surface area contributed by atoms with Crippen LogP contribution in [0.5, 0.6) is 0 Å². The van der Waals surface area contributed by atoms with Crippen molar-refractivity contribution in [1.82, 2.24) is 4.90 Å². The maximum absolute atomic E-state index is 13.8. The Labute approximate surface area is 218 Å². The summed E-state index contributed by atoms with van der Waals surface area (Å²) in [5.74, 6) is -11.0. The van der Waals surface area contributed by atoms with Gasteiger partial charge in [-0.1, -0.05) is 54.1 Å². The molecule has 38 heavy (non-hydrogen) atoms. The van der Waals surface area contributed by atoms with E-state index in [1.807, 2.05) is 18.2 Å². The first-order valence-electron chi connectivity index (χ1n) is 12.3. The van der Waals surface area contributed by atoms with Crippen LogP contribution in [0.2, 0.25) is 0 Å². The van der Waals surface area contributed by atoms with Crippen molar-refractivity contribution in [3.05, 3.63) is 76.8 Å². The molecule has 9 atom stereocenters. The summed E-state index contributed by atoms with van der Waals surface area (Å²) in [6, 6.07) is 7.85. The molecule has 200 valence electrons. The smallest absolute Gasteiger partial charge is 0.230 e. The van der Waals surface area contributed by atoms with Gasteiger partial charge in [-0.3, -0.25) is 14.4 Å². The van der Waals surface area contributed by atoms with E-state index in [1.165, 1.54) is 25.1 Å². The van der Waals surface area contributed by atoms with Crippen molar-refractivity contribution >= 4 is 23.5 Å². The minimum atomic E-state index is -2.89. The Balaban J connectivity index is 1.81. The molecule has 0 heterocycles. The minimum absolute atomic E-state index is 0.268. The highest BCUT2D eigenvalue weighted by atomic mass is 16.4. The summed E-state index contributed by atoms with van der Waals surface area (Å²) in [6.45, 7) is 0. The van der Waals surface area contributed by atoms with Crippen LogP contribution >= 0.6 is 0 Å². The topological polar surface area (TPSA) is 182 Å². The standard InChI is InChI=1S/C28H30N2O8/c1-30(2)21-20-23(33)17-14(11-12-7-4-3-5-8-12)13-9-6-10-15(31)16(13)22(32)18(17)25(35)28(20,38)26(36)19(24(21)34)27(29)37/h3-11,13,16-17,19-21,23-24,31,33-35,38H,1-2H3,(H2,29,37)/b14-11+/t13?,16?,17-,19?,20-,21+,23+,24?,28+/m1/s1. The number of carbonyl (C=O) groups excluding carboxylic acids is 3. The highest BCUT2D eigenvalue weighted by Crippen LogP contribution is 2.56. The van der Waals surface area contributed by atoms with Gasteiger partial charge in [0.05, 0.1) is 18.1 Å². The molecule has 4 unspecified atom stereocenters. The molecular formula is C28H30N2O8. The molecule has 4 aliphatic carbocycles. The molecule has 0 aromatic heterocycles. The number of likely N-dealkylation sites (N-methyl/N-ethyl adjacent to an activating group) is 1. The number of benzene rings is 1. The molecule has 10 heteroatoms. The van der Waals surface area contributed by atoms with Crippen molar-refractivity contribution in [2.24, 2.45) is 35.3 Å². The van der Waals surface area contributed by atoms with E-state index in [0.717, 1.165) is 5.56 Å². The van der Waals surface area contributed by atoms with Crippen LogP contribution in [0.25, 0.3) is 6.08 Å². The molecule has 0 aliphatic heterocycles. The molecule has 7 N–H and O–H groups in total. The van der Waals surface area contributed by atoms with Crippen molar-refractivity contribution in [2.45, 2.75) is 23.9 Å². The number of allylic oxidation sites excluding steroid dienone is 4. The highest BCUT2D eigenvalue weighted by Gasteiger charge is 2.70. The number of nitrogens with zero attached hydrogens (tertiary/aromatic N) is 1. The lowest BCUT2D eigenvalue weighted by Crippen LogP contribution is -2.74. The Morgan fingerprint density at radius 1 is 1.05 bits per heavy atom. The molecule has 0 saturated heterocycles. The quantitative estimate of drug-likeness (QED) is 0.298. The van der Waals surface area contributed by atoms with Crippen LogP contribution < -0.4 is 5.73 Å². The fourth-order valence-corrected chi connectivity index (χ4v) is 6.80. The van der Waals surface area contributed by atoms with Gasteiger partial charge in [0.2, 0.25) is 5.91 Å². The lowest BCUT2D eigenvalue weighted by atomic mass is 9.52. The molecule has 2 fully saturated rings. The molecule has 1 aromatic rings. The van der Waals surface area contributed by atoms with Gasteiger partial charge in [-0.25, -0.2) is 0 Å². The third-order valence-electron chi connectivity index (χ3n) is 8.43. The lowest BCUT2D eigenvalue weighted by Gasteiger charge is -2.56. The van der Waals surface area contributed by atoms with Crippen molar-refractivity contribution in [2.75, 3.05) is 14.1 Å². The Morgan fingerprint density at radius 3 is 2.32 bits per heavy atom. The highest BCUT2D eigenvalue weighted by molar-refractivity contribution is 6.10. The molecule has 0 bridgehead atoms. The molecule has 1 aromatic carbocycles. The largest absolute Gasteiger partial charge is 0.512 e. The maximum Gasteiger partial charge on any atom is 0.230 e. The van der Waals surface area contributed by atoms with E-state index in [9.17, 15) is 39.9 Å². The second-order valence-electron chi connectivity index (χ2n) is 10.6. The number of aliphatic hydroxyl groups is 5. The van der Waals surface area contributed by atoms with Crippen LogP contribution in [0.15, 0.2) is 71.2 Å². The first kappa shape index (κ1) is 26.1. The van der Waals surface area contributed by atoms with Gasteiger partial charge in [0.1, 0.15) is 17.4 Å². The number of amides is 1. The van der Waals surface area contributed by atoms with E-state index >= 15 is 0 Å². The average molecular weight is 523 g/mol. The number of Topliss-reactive ketones (excluding diaryl/α,β-unsaturated/α-hetero) is 2. The van der Waals surface area contributed by atoms with Gasteiger partial charge in [-0.2, -0.15) is 0 Å². The number of aliphatic hydroxyl groups excluding tert-OH is 4. The van der Waals surface area contributed by atoms with Crippen LogP contribution in [-0.4, -0.2) is 85.9 Å². The Hall–Kier alpha value is -3.57. The number of nitrogens with two attached hydrogens (primary N) is 1. The molecule has 0 spiro atoms. The second-order valence-corrected chi connectivity index (χ2v) is 10.6. The van der Waals surface area contributed by atoms with E-state index in [-0.39, 0.29) is 5.76 Å². The predicted octanol–water partition coefficient (Wildman–Crippen LogP) is 0.0222. The third kappa shape index (κ3) is 3.45. The zero-order chi connectivity index (χ0) is 27.7. The number of primary amides is 1. The number of ketones is 2. The summed E-state index contributed by atoms with van der Waals surface area (Å²) in [6.07, 6.45) is 3.06. The Morgan fingerprint density at radius 2 is 1.71 bits per heavy atom. The molecule has 10 nitrogen and oxygen atoms in total. The van der Waals surface area contributed by atoms with Crippen molar-refractivity contribution in [3.63, 3.8) is 0 Å². The Kier molecular flexibility index (Phi) is 6.18. The van der Waals surface area contributed by atoms with Gasteiger partial charge in [-0.15, -0.1) is 0 Å². The normalized spacial score (nSPS) is 39.5. The molecule has 5 rings (SSSR count). The van der Waals surface area contributed by atoms with Gasteiger partial charge < -0.3 is 36.2 Å². The lowest BCUT2D eigenvalue weighted by molar-refractivity contribution is -0.193. The van der Waals surface area contributed by atoms with Crippen molar-refractivity contribution in [1.29, 1.82) is 0 Å². The van der Waals surface area contributed by atoms with Crippen LogP contribution in [-0.2, 0) is 14.4 Å². The van der Waals surface area contributed by atoms with E-state index in [4.69, 9.17) is 5.73 Å². The van der Waals surface area contributed by atoms with E-state index in [0.29, 0.717) is 5.57 Å². The van der Waals surface area contributed by atoms with E-state index in [2.05, 4.69) is 0 Å². The first-order chi connectivity index (χ1) is 17.9. The molecule has 1 amide bonds. The van der Waals surface area contributed by atoms with Crippen LogP contribution in [0, 0.1) is 29.6 Å². The first-order valence-corrected chi connectivity index (χ1v) is 12.3. The second kappa shape index (κ2) is 9.02. The Bertz CT molecular complexity index is 1330.